The van der Waals surface area contributed by atoms with Crippen LogP contribution in [0.25, 0.3) is 0 Å². The quantitative estimate of drug-likeness (QED) is 0.379. The second kappa shape index (κ2) is 6.33. The van der Waals surface area contributed by atoms with E-state index in [1.54, 1.807) is 6.07 Å². The van der Waals surface area contributed by atoms with Crippen molar-refractivity contribution in [1.82, 2.24) is 9.97 Å². The molecule has 0 fully saturated rings. The van der Waals surface area contributed by atoms with Crippen LogP contribution in [-0.2, 0) is 0 Å². The molecule has 0 aliphatic carbocycles. The Bertz CT molecular complexity index is 581. The highest BCUT2D eigenvalue weighted by molar-refractivity contribution is 14.1. The van der Waals surface area contributed by atoms with Gasteiger partial charge in [-0.1, -0.05) is 23.9 Å². The Morgan fingerprint density at radius 3 is 2.63 bits per heavy atom. The fourth-order valence-electron chi connectivity index (χ4n) is 1.48. The predicted octanol–water partition coefficient (Wildman–Crippen LogP) is 2.95. The molecule has 1 aromatic heterocycles. The zero-order valence-electron chi connectivity index (χ0n) is 10.3. The van der Waals surface area contributed by atoms with Crippen LogP contribution >= 0.6 is 34.4 Å². The molecule has 1 aromatic carbocycles. The van der Waals surface area contributed by atoms with Crippen molar-refractivity contribution in [3.05, 3.63) is 45.2 Å². The number of nitrogens with two attached hydrogens (primary N) is 1. The van der Waals surface area contributed by atoms with Gasteiger partial charge in [0, 0.05) is 20.9 Å². The molecule has 0 saturated carbocycles. The van der Waals surface area contributed by atoms with Gasteiger partial charge in [-0.05, 0) is 41.6 Å². The molecule has 98 valence electrons. The van der Waals surface area contributed by atoms with Crippen molar-refractivity contribution in [1.29, 1.82) is 0 Å². The lowest BCUT2D eigenvalue weighted by Crippen LogP contribution is -2.04. The van der Waals surface area contributed by atoms with Crippen LogP contribution in [0.3, 0.4) is 0 Å². The van der Waals surface area contributed by atoms with E-state index in [0.717, 1.165) is 9.26 Å². The average Bonchev–Trinajstić information content (AvgIpc) is 2.36. The third-order valence-electron chi connectivity index (χ3n) is 2.35. The number of nitrogens with zero attached hydrogens (tertiary/aromatic N) is 2. The van der Waals surface area contributed by atoms with E-state index in [-0.39, 0.29) is 5.78 Å². The summed E-state index contributed by atoms with van der Waals surface area (Å²) in [6.07, 6.45) is 0. The van der Waals surface area contributed by atoms with Crippen molar-refractivity contribution in [3.63, 3.8) is 0 Å². The summed E-state index contributed by atoms with van der Waals surface area (Å²) >= 11 is 3.51. The molecule has 0 atom stereocenters. The predicted molar refractivity (Wildman–Crippen MR) is 85.4 cm³/mol. The fourth-order valence-corrected chi connectivity index (χ4v) is 2.64. The number of hydrogen-bond acceptors (Lipinski definition) is 5. The molecular formula is C13H12IN3OS. The maximum absolute atomic E-state index is 12.0. The van der Waals surface area contributed by atoms with Crippen molar-refractivity contribution in [3.8, 4) is 0 Å². The molecular weight excluding hydrogens is 373 g/mol. The third-order valence-corrected chi connectivity index (χ3v) is 3.92. The van der Waals surface area contributed by atoms with Gasteiger partial charge in [-0.2, -0.15) is 0 Å². The lowest BCUT2D eigenvalue weighted by Gasteiger charge is -2.03. The Morgan fingerprint density at radius 1 is 1.32 bits per heavy atom. The first kappa shape index (κ1) is 14.3. The van der Waals surface area contributed by atoms with Gasteiger partial charge in [-0.15, -0.1) is 0 Å². The van der Waals surface area contributed by atoms with Gasteiger partial charge in [0.25, 0.3) is 0 Å². The minimum absolute atomic E-state index is 0.0603. The summed E-state index contributed by atoms with van der Waals surface area (Å²) in [5.41, 5.74) is 7.15. The summed E-state index contributed by atoms with van der Waals surface area (Å²) in [7, 11) is 0. The van der Waals surface area contributed by atoms with E-state index in [9.17, 15) is 4.79 Å². The Labute approximate surface area is 129 Å². The van der Waals surface area contributed by atoms with Crippen LogP contribution in [-0.4, -0.2) is 21.5 Å². The Kier molecular flexibility index (Phi) is 4.76. The summed E-state index contributed by atoms with van der Waals surface area (Å²) < 4.78 is 1.11. The number of aryl methyl sites for hydroxylation is 1. The zero-order chi connectivity index (χ0) is 13.8. The highest BCUT2D eigenvalue weighted by Gasteiger charge is 2.08. The van der Waals surface area contributed by atoms with Gasteiger partial charge in [-0.3, -0.25) is 4.79 Å². The molecule has 0 radical (unpaired) electrons. The average molecular weight is 385 g/mol. The minimum Gasteiger partial charge on any atom is -0.384 e. The monoisotopic (exact) mass is 385 g/mol. The Morgan fingerprint density at radius 2 is 2.00 bits per heavy atom. The lowest BCUT2D eigenvalue weighted by molar-refractivity contribution is 0.102. The number of halogens is 1. The van der Waals surface area contributed by atoms with Crippen molar-refractivity contribution in [2.45, 2.75) is 12.1 Å². The lowest BCUT2D eigenvalue weighted by atomic mass is 10.2. The van der Waals surface area contributed by atoms with E-state index in [4.69, 9.17) is 5.73 Å². The van der Waals surface area contributed by atoms with Crippen LogP contribution in [0.15, 0.2) is 35.5 Å². The van der Waals surface area contributed by atoms with Crippen LogP contribution in [0.1, 0.15) is 16.1 Å². The number of carbonyl (C=O) groups is 1. The van der Waals surface area contributed by atoms with Crippen LogP contribution in [0.4, 0.5) is 5.82 Å². The number of Topliss-reactive ketones (excluding diaryl/α,β-unsaturated/α-hetero) is 1. The van der Waals surface area contributed by atoms with E-state index in [1.165, 1.54) is 11.8 Å². The number of carbonyl (C=O) groups excluding carboxylic acids is 1. The molecule has 4 nitrogen and oxygen atoms in total. The number of hydrogen-bond donors (Lipinski definition) is 1. The maximum atomic E-state index is 12.0. The largest absolute Gasteiger partial charge is 0.384 e. The molecule has 0 aliphatic heterocycles. The van der Waals surface area contributed by atoms with Gasteiger partial charge in [0.1, 0.15) is 5.82 Å². The van der Waals surface area contributed by atoms with E-state index in [2.05, 4.69) is 32.6 Å². The first-order chi connectivity index (χ1) is 9.04. The Balaban J connectivity index is 2.02. The van der Waals surface area contributed by atoms with Crippen molar-refractivity contribution < 1.29 is 4.79 Å². The molecule has 0 unspecified atom stereocenters. The molecule has 0 spiro atoms. The molecule has 0 bridgehead atoms. The standard InChI is InChI=1S/C13H12IN3OS/c1-8-6-12(15)17-13(16-8)19-7-11(18)9-2-4-10(14)5-3-9/h2-6H,7H2,1H3,(H2,15,16,17). The summed E-state index contributed by atoms with van der Waals surface area (Å²) in [5, 5.41) is 0.538. The second-order valence-electron chi connectivity index (χ2n) is 3.94. The van der Waals surface area contributed by atoms with E-state index in [0.29, 0.717) is 22.3 Å². The van der Waals surface area contributed by atoms with E-state index >= 15 is 0 Å². The fraction of sp³-hybridized carbons (Fsp3) is 0.154. The molecule has 2 N–H and O–H groups in total. The summed E-state index contributed by atoms with van der Waals surface area (Å²) in [4.78, 5) is 20.3. The van der Waals surface area contributed by atoms with Gasteiger partial charge in [0.15, 0.2) is 10.9 Å². The first-order valence-electron chi connectivity index (χ1n) is 5.57. The van der Waals surface area contributed by atoms with Crippen LogP contribution in [0.5, 0.6) is 0 Å². The summed E-state index contributed by atoms with van der Waals surface area (Å²) in [6, 6.07) is 9.19. The normalized spacial score (nSPS) is 10.4. The number of anilines is 1. The molecule has 6 heteroatoms. The van der Waals surface area contributed by atoms with Gasteiger partial charge in [-0.25, -0.2) is 9.97 Å². The smallest absolute Gasteiger partial charge is 0.190 e. The van der Waals surface area contributed by atoms with Crippen LogP contribution in [0.2, 0.25) is 0 Å². The highest BCUT2D eigenvalue weighted by Crippen LogP contribution is 2.17. The second-order valence-corrected chi connectivity index (χ2v) is 6.12. The van der Waals surface area contributed by atoms with Crippen molar-refractivity contribution in [2.24, 2.45) is 0 Å². The van der Waals surface area contributed by atoms with Gasteiger partial charge in [0.05, 0.1) is 5.75 Å². The SMILES string of the molecule is Cc1cc(N)nc(SCC(=O)c2ccc(I)cc2)n1. The van der Waals surface area contributed by atoms with Crippen LogP contribution in [0, 0.1) is 10.5 Å². The number of thioether (sulfide) groups is 1. The molecule has 2 aromatic rings. The minimum atomic E-state index is 0.0603. The van der Waals surface area contributed by atoms with Crippen molar-refractivity contribution in [2.75, 3.05) is 11.5 Å². The summed E-state index contributed by atoms with van der Waals surface area (Å²) in [6.45, 7) is 1.85. The van der Waals surface area contributed by atoms with Gasteiger partial charge in [0.2, 0.25) is 0 Å². The number of ketones is 1. The molecule has 0 saturated heterocycles. The van der Waals surface area contributed by atoms with Crippen molar-refractivity contribution >= 4 is 46.0 Å². The molecule has 2 rings (SSSR count). The number of aromatic nitrogens is 2. The molecule has 1 heterocycles. The number of benzene rings is 1. The summed E-state index contributed by atoms with van der Waals surface area (Å²) in [5.74, 6) is 0.797. The first-order valence-corrected chi connectivity index (χ1v) is 7.64. The van der Waals surface area contributed by atoms with E-state index in [1.807, 2.05) is 31.2 Å². The van der Waals surface area contributed by atoms with Crippen LogP contribution < -0.4 is 5.73 Å². The number of rotatable bonds is 4. The zero-order valence-corrected chi connectivity index (χ0v) is 13.2. The molecule has 19 heavy (non-hydrogen) atoms. The molecule has 0 amide bonds. The number of nitrogen functional groups attached to an aromatic ring is 1. The highest BCUT2D eigenvalue weighted by atomic mass is 127. The topological polar surface area (TPSA) is 68.9 Å². The maximum Gasteiger partial charge on any atom is 0.190 e. The Hall–Kier alpha value is -1.15. The van der Waals surface area contributed by atoms with Gasteiger partial charge < -0.3 is 5.73 Å². The third kappa shape index (κ3) is 4.17. The van der Waals surface area contributed by atoms with E-state index < -0.39 is 0 Å². The molecule has 0 aliphatic rings. The van der Waals surface area contributed by atoms with Gasteiger partial charge >= 0.3 is 0 Å².